The number of hydrogen-bond acceptors (Lipinski definition) is 6. The Morgan fingerprint density at radius 3 is 2.37 bits per heavy atom. The first-order valence-electron chi connectivity index (χ1n) is 12.2. The Morgan fingerprint density at radius 2 is 1.76 bits per heavy atom. The summed E-state index contributed by atoms with van der Waals surface area (Å²) in [4.78, 5) is 26.3. The van der Waals surface area contributed by atoms with Gasteiger partial charge in [-0.25, -0.2) is 18.7 Å². The first kappa shape index (κ1) is 26.0. The minimum atomic E-state index is -4.75. The third-order valence-corrected chi connectivity index (χ3v) is 6.96. The molecule has 1 unspecified atom stereocenters. The Labute approximate surface area is 215 Å². The zero-order valence-electron chi connectivity index (χ0n) is 20.8. The van der Waals surface area contributed by atoms with Gasteiger partial charge >= 0.3 is 6.18 Å². The first-order valence-corrected chi connectivity index (χ1v) is 12.2. The van der Waals surface area contributed by atoms with Gasteiger partial charge in [0.25, 0.3) is 0 Å². The van der Waals surface area contributed by atoms with Gasteiger partial charge in [0.05, 0.1) is 24.1 Å². The Kier molecular flexibility index (Phi) is 6.80. The van der Waals surface area contributed by atoms with E-state index in [0.29, 0.717) is 48.3 Å². The standard InChI is InChI=1S/C25H26F5N7O/c1-15(38)37-6-5-20-21(14-37)32-22(16-12-31-34(2)13-16)24(33-20)36-9-7-35(8-10-36)23(25(28,29)30)18-4-3-17(26)11-19(18)27/h3-4,11-13,23H,5-10,14H2,1-2H3. The number of carbonyl (C=O) groups excluding carboxylic acids is 1. The van der Waals surface area contributed by atoms with Crippen LogP contribution in [0.4, 0.5) is 27.8 Å². The normalized spacial score (nSPS) is 17.4. The van der Waals surface area contributed by atoms with Crippen molar-refractivity contribution in [2.75, 3.05) is 37.6 Å². The zero-order chi connectivity index (χ0) is 27.2. The van der Waals surface area contributed by atoms with Gasteiger partial charge in [-0.2, -0.15) is 18.3 Å². The molecule has 2 aliphatic rings. The summed E-state index contributed by atoms with van der Waals surface area (Å²) in [5.41, 5.74) is 2.05. The number of nitrogens with zero attached hydrogens (tertiary/aromatic N) is 7. The Hall–Kier alpha value is -3.61. The van der Waals surface area contributed by atoms with Crippen LogP contribution < -0.4 is 4.90 Å². The van der Waals surface area contributed by atoms with Gasteiger partial charge in [-0.1, -0.05) is 6.07 Å². The van der Waals surface area contributed by atoms with Crippen LogP contribution in [0.1, 0.15) is 29.9 Å². The van der Waals surface area contributed by atoms with E-state index in [9.17, 15) is 26.7 Å². The van der Waals surface area contributed by atoms with Gasteiger partial charge in [0.2, 0.25) is 5.91 Å². The quantitative estimate of drug-likeness (QED) is 0.477. The number of anilines is 1. The maximum absolute atomic E-state index is 14.4. The molecule has 202 valence electrons. The molecule has 4 heterocycles. The van der Waals surface area contributed by atoms with Crippen molar-refractivity contribution >= 4 is 11.7 Å². The van der Waals surface area contributed by atoms with Crippen LogP contribution in [0.25, 0.3) is 11.3 Å². The lowest BCUT2D eigenvalue weighted by Crippen LogP contribution is -2.51. The summed E-state index contributed by atoms with van der Waals surface area (Å²) in [6.45, 7) is 2.67. The maximum Gasteiger partial charge on any atom is 0.408 e. The van der Waals surface area contributed by atoms with Crippen LogP contribution in [0.3, 0.4) is 0 Å². The molecule has 0 spiro atoms. The molecule has 0 N–H and O–H groups in total. The lowest BCUT2D eigenvalue weighted by Gasteiger charge is -2.41. The van der Waals surface area contributed by atoms with Crippen LogP contribution in [0.5, 0.6) is 0 Å². The highest BCUT2D eigenvalue weighted by molar-refractivity contribution is 5.74. The molecule has 1 amide bonds. The van der Waals surface area contributed by atoms with Crippen molar-refractivity contribution in [1.29, 1.82) is 0 Å². The number of alkyl halides is 3. The summed E-state index contributed by atoms with van der Waals surface area (Å²) >= 11 is 0. The number of amides is 1. The van der Waals surface area contributed by atoms with Crippen molar-refractivity contribution in [1.82, 2.24) is 29.5 Å². The van der Waals surface area contributed by atoms with Gasteiger partial charge in [0, 0.05) is 76.5 Å². The molecular formula is C25H26F5N7O. The summed E-state index contributed by atoms with van der Waals surface area (Å²) in [6.07, 6.45) is -0.824. The summed E-state index contributed by atoms with van der Waals surface area (Å²) in [5.74, 6) is -1.69. The third-order valence-electron chi connectivity index (χ3n) is 6.96. The maximum atomic E-state index is 14.4. The van der Waals surface area contributed by atoms with E-state index in [1.165, 1.54) is 6.92 Å². The second-order valence-electron chi connectivity index (χ2n) is 9.52. The number of benzene rings is 1. The number of carbonyl (C=O) groups is 1. The number of rotatable bonds is 4. The molecule has 1 fully saturated rings. The summed E-state index contributed by atoms with van der Waals surface area (Å²) < 4.78 is 71.6. The van der Waals surface area contributed by atoms with Crippen molar-refractivity contribution in [3.05, 3.63) is 59.2 Å². The monoisotopic (exact) mass is 535 g/mol. The summed E-state index contributed by atoms with van der Waals surface area (Å²) in [7, 11) is 1.76. The first-order chi connectivity index (χ1) is 18.0. The van der Waals surface area contributed by atoms with Crippen LogP contribution in [-0.4, -0.2) is 74.4 Å². The fourth-order valence-electron chi connectivity index (χ4n) is 5.04. The Balaban J connectivity index is 1.44. The number of piperazine rings is 1. The number of fused-ring (bicyclic) bond motifs is 1. The minimum absolute atomic E-state index is 0.0235. The predicted octanol–water partition coefficient (Wildman–Crippen LogP) is 3.49. The summed E-state index contributed by atoms with van der Waals surface area (Å²) in [5, 5.41) is 4.22. The molecule has 8 nitrogen and oxygen atoms in total. The zero-order valence-corrected chi connectivity index (χ0v) is 20.8. The highest BCUT2D eigenvalue weighted by Gasteiger charge is 2.47. The predicted molar refractivity (Wildman–Crippen MR) is 128 cm³/mol. The van der Waals surface area contributed by atoms with Crippen molar-refractivity contribution in [3.63, 3.8) is 0 Å². The highest BCUT2D eigenvalue weighted by atomic mass is 19.4. The molecule has 3 aromatic rings. The van der Waals surface area contributed by atoms with Crippen molar-refractivity contribution in [2.24, 2.45) is 7.05 Å². The van der Waals surface area contributed by atoms with E-state index in [4.69, 9.17) is 9.97 Å². The fourth-order valence-corrected chi connectivity index (χ4v) is 5.04. The molecule has 0 radical (unpaired) electrons. The molecule has 0 bridgehead atoms. The molecule has 38 heavy (non-hydrogen) atoms. The summed E-state index contributed by atoms with van der Waals surface area (Å²) in [6, 6.07) is -0.0332. The van der Waals surface area contributed by atoms with Gasteiger partial charge in [-0.05, 0) is 6.07 Å². The van der Waals surface area contributed by atoms with E-state index in [0.717, 1.165) is 22.7 Å². The lowest BCUT2D eigenvalue weighted by atomic mass is 10.0. The topological polar surface area (TPSA) is 70.4 Å². The van der Waals surface area contributed by atoms with Gasteiger partial charge in [0.15, 0.2) is 5.82 Å². The molecule has 0 saturated carbocycles. The van der Waals surface area contributed by atoms with Gasteiger partial charge in [0.1, 0.15) is 23.4 Å². The van der Waals surface area contributed by atoms with E-state index in [2.05, 4.69) is 5.10 Å². The third kappa shape index (κ3) is 5.06. The van der Waals surface area contributed by atoms with Crippen LogP contribution >= 0.6 is 0 Å². The van der Waals surface area contributed by atoms with Gasteiger partial charge < -0.3 is 9.80 Å². The average molecular weight is 536 g/mol. The SMILES string of the molecule is CC(=O)N1CCc2nc(N3CCN(C(c4ccc(F)cc4F)C(F)(F)F)CC3)c(-c3cnn(C)c3)nc2C1. The van der Waals surface area contributed by atoms with Crippen molar-refractivity contribution < 1.29 is 26.7 Å². The van der Waals surface area contributed by atoms with Crippen molar-refractivity contribution in [2.45, 2.75) is 32.1 Å². The van der Waals surface area contributed by atoms with Crippen LogP contribution in [0, 0.1) is 11.6 Å². The Bertz CT molecular complexity index is 1350. The molecular weight excluding hydrogens is 509 g/mol. The van der Waals surface area contributed by atoms with Crippen LogP contribution in [0.2, 0.25) is 0 Å². The minimum Gasteiger partial charge on any atom is -0.352 e. The number of hydrogen-bond donors (Lipinski definition) is 0. The van der Waals surface area contributed by atoms with E-state index >= 15 is 0 Å². The molecule has 2 aromatic heterocycles. The van der Waals surface area contributed by atoms with E-state index in [-0.39, 0.29) is 32.1 Å². The number of halogens is 5. The second kappa shape index (κ2) is 9.93. The number of aryl methyl sites for hydroxylation is 1. The fraction of sp³-hybridized carbons (Fsp3) is 0.440. The molecule has 5 rings (SSSR count). The van der Waals surface area contributed by atoms with Crippen LogP contribution in [0.15, 0.2) is 30.6 Å². The smallest absolute Gasteiger partial charge is 0.352 e. The number of aromatic nitrogens is 4. The molecule has 1 atom stereocenters. The van der Waals surface area contributed by atoms with Crippen LogP contribution in [-0.2, 0) is 24.8 Å². The molecule has 2 aliphatic heterocycles. The van der Waals surface area contributed by atoms with Crippen molar-refractivity contribution in [3.8, 4) is 11.3 Å². The highest BCUT2D eigenvalue weighted by Crippen LogP contribution is 2.40. The molecule has 0 aliphatic carbocycles. The Morgan fingerprint density at radius 1 is 1.03 bits per heavy atom. The second-order valence-corrected chi connectivity index (χ2v) is 9.52. The molecule has 1 aromatic carbocycles. The van der Waals surface area contributed by atoms with E-state index in [1.54, 1.807) is 29.0 Å². The lowest BCUT2D eigenvalue weighted by molar-refractivity contribution is -0.188. The molecule has 1 saturated heterocycles. The van der Waals surface area contributed by atoms with Gasteiger partial charge in [-0.15, -0.1) is 0 Å². The largest absolute Gasteiger partial charge is 0.408 e. The van der Waals surface area contributed by atoms with E-state index < -0.39 is 29.4 Å². The average Bonchev–Trinajstić information content (AvgIpc) is 3.30. The van der Waals surface area contributed by atoms with E-state index in [1.807, 2.05) is 4.90 Å². The van der Waals surface area contributed by atoms with Gasteiger partial charge in [-0.3, -0.25) is 14.4 Å². The molecule has 13 heteroatoms.